The third-order valence-corrected chi connectivity index (χ3v) is 5.09. The molecule has 2 aromatic heterocycles. The van der Waals surface area contributed by atoms with Crippen molar-refractivity contribution in [3.63, 3.8) is 0 Å². The molecule has 0 atom stereocenters. The maximum atomic E-state index is 12.4. The molecule has 1 amide bonds. The lowest BCUT2D eigenvalue weighted by molar-refractivity contribution is -0.274. The Labute approximate surface area is 169 Å². The van der Waals surface area contributed by atoms with Gasteiger partial charge in [-0.1, -0.05) is 6.92 Å². The zero-order valence-electron chi connectivity index (χ0n) is 16.1. The van der Waals surface area contributed by atoms with Gasteiger partial charge < -0.3 is 14.7 Å². The van der Waals surface area contributed by atoms with Crippen molar-refractivity contribution >= 4 is 16.9 Å². The van der Waals surface area contributed by atoms with Crippen LogP contribution in [0.25, 0.3) is 16.7 Å². The van der Waals surface area contributed by atoms with Crippen LogP contribution in [-0.4, -0.2) is 50.1 Å². The molecule has 1 aliphatic heterocycles. The lowest BCUT2D eigenvalue weighted by Gasteiger charge is -2.38. The van der Waals surface area contributed by atoms with Crippen LogP contribution in [0.15, 0.2) is 36.5 Å². The number of ether oxygens (including phenoxy) is 1. The summed E-state index contributed by atoms with van der Waals surface area (Å²) in [5.41, 5.74) is 2.35. The van der Waals surface area contributed by atoms with Crippen molar-refractivity contribution in [2.45, 2.75) is 32.2 Å². The number of likely N-dealkylation sites (tertiary alicyclic amines) is 1. The van der Waals surface area contributed by atoms with E-state index in [1.807, 2.05) is 0 Å². The Morgan fingerprint density at radius 1 is 1.23 bits per heavy atom. The molecule has 0 saturated carbocycles. The fraction of sp³-hybridized carbons (Fsp3) is 0.350. The molecule has 1 N–H and O–H groups in total. The SMILES string of the molecule is CCC(=O)N1CC(c2nn(-c3ccc(OC(F)(F)F)cc3)c3nccc(CO)c23)C1. The maximum Gasteiger partial charge on any atom is 0.573 e. The Kier molecular flexibility index (Phi) is 5.10. The van der Waals surface area contributed by atoms with E-state index >= 15 is 0 Å². The molecule has 7 nitrogen and oxygen atoms in total. The monoisotopic (exact) mass is 420 g/mol. The highest BCUT2D eigenvalue weighted by molar-refractivity contribution is 5.85. The van der Waals surface area contributed by atoms with Gasteiger partial charge in [-0.25, -0.2) is 9.67 Å². The smallest absolute Gasteiger partial charge is 0.406 e. The van der Waals surface area contributed by atoms with E-state index in [0.717, 1.165) is 0 Å². The lowest BCUT2D eigenvalue weighted by Crippen LogP contribution is -2.48. The molecule has 10 heteroatoms. The second-order valence-electron chi connectivity index (χ2n) is 7.01. The van der Waals surface area contributed by atoms with E-state index in [4.69, 9.17) is 0 Å². The summed E-state index contributed by atoms with van der Waals surface area (Å²) in [7, 11) is 0. The zero-order valence-corrected chi connectivity index (χ0v) is 16.1. The molecule has 1 saturated heterocycles. The number of alkyl halides is 3. The van der Waals surface area contributed by atoms with Gasteiger partial charge >= 0.3 is 6.36 Å². The van der Waals surface area contributed by atoms with Crippen molar-refractivity contribution < 1.29 is 27.8 Å². The number of rotatable bonds is 5. The average Bonchev–Trinajstić information content (AvgIpc) is 3.05. The first-order valence-corrected chi connectivity index (χ1v) is 9.42. The first-order chi connectivity index (χ1) is 14.3. The van der Waals surface area contributed by atoms with E-state index in [-0.39, 0.29) is 24.2 Å². The van der Waals surface area contributed by atoms with Crippen LogP contribution < -0.4 is 4.74 Å². The molecule has 0 unspecified atom stereocenters. The molecule has 0 radical (unpaired) electrons. The number of benzene rings is 1. The number of nitrogens with zero attached hydrogens (tertiary/aromatic N) is 4. The molecule has 1 fully saturated rings. The van der Waals surface area contributed by atoms with Gasteiger partial charge in [-0.2, -0.15) is 5.10 Å². The molecule has 0 spiro atoms. The van der Waals surface area contributed by atoms with E-state index in [0.29, 0.717) is 47.5 Å². The fourth-order valence-corrected chi connectivity index (χ4v) is 3.60. The van der Waals surface area contributed by atoms with Crippen molar-refractivity contribution in [2.24, 2.45) is 0 Å². The van der Waals surface area contributed by atoms with E-state index in [2.05, 4.69) is 14.8 Å². The first kappa shape index (κ1) is 20.1. The number of pyridine rings is 1. The van der Waals surface area contributed by atoms with Gasteiger partial charge in [0.25, 0.3) is 0 Å². The molecule has 1 aromatic carbocycles. The number of fused-ring (bicyclic) bond motifs is 1. The number of aliphatic hydroxyl groups excluding tert-OH is 1. The quantitative estimate of drug-likeness (QED) is 0.686. The third-order valence-electron chi connectivity index (χ3n) is 5.09. The van der Waals surface area contributed by atoms with Crippen LogP contribution in [0, 0.1) is 0 Å². The molecule has 1 aliphatic rings. The second kappa shape index (κ2) is 7.60. The number of halogens is 3. The van der Waals surface area contributed by atoms with Gasteiger partial charge in [0.05, 0.1) is 18.0 Å². The molecule has 3 aromatic rings. The fourth-order valence-electron chi connectivity index (χ4n) is 3.60. The molecular weight excluding hydrogens is 401 g/mol. The molecular formula is C20H19F3N4O3. The molecule has 30 heavy (non-hydrogen) atoms. The summed E-state index contributed by atoms with van der Waals surface area (Å²) in [6.07, 6.45) is -2.79. The van der Waals surface area contributed by atoms with Crippen molar-refractivity contribution in [2.75, 3.05) is 13.1 Å². The van der Waals surface area contributed by atoms with Gasteiger partial charge in [-0.15, -0.1) is 13.2 Å². The Hall–Kier alpha value is -3.14. The highest BCUT2D eigenvalue weighted by Gasteiger charge is 2.35. The third kappa shape index (κ3) is 3.70. The Bertz CT molecular complexity index is 1070. The van der Waals surface area contributed by atoms with Crippen LogP contribution in [0.3, 0.4) is 0 Å². The van der Waals surface area contributed by atoms with Gasteiger partial charge in [0.2, 0.25) is 5.91 Å². The largest absolute Gasteiger partial charge is 0.573 e. The Morgan fingerprint density at radius 2 is 1.93 bits per heavy atom. The van der Waals surface area contributed by atoms with Crippen molar-refractivity contribution in [1.29, 1.82) is 0 Å². The zero-order chi connectivity index (χ0) is 21.5. The summed E-state index contributed by atoms with van der Waals surface area (Å²) < 4.78 is 42.7. The van der Waals surface area contributed by atoms with Crippen LogP contribution in [0.4, 0.5) is 13.2 Å². The number of aromatic nitrogens is 3. The van der Waals surface area contributed by atoms with Crippen LogP contribution in [0.1, 0.15) is 30.5 Å². The summed E-state index contributed by atoms with van der Waals surface area (Å²) in [6, 6.07) is 7.02. The van der Waals surface area contributed by atoms with E-state index < -0.39 is 6.36 Å². The maximum absolute atomic E-state index is 12.4. The van der Waals surface area contributed by atoms with Crippen molar-refractivity contribution in [3.05, 3.63) is 47.8 Å². The predicted molar refractivity (Wildman–Crippen MR) is 101 cm³/mol. The van der Waals surface area contributed by atoms with Crippen LogP contribution in [0.5, 0.6) is 5.75 Å². The molecule has 158 valence electrons. The number of carbonyl (C=O) groups excluding carboxylic acids is 1. The van der Waals surface area contributed by atoms with Crippen LogP contribution in [0.2, 0.25) is 0 Å². The molecule has 3 heterocycles. The van der Waals surface area contributed by atoms with Crippen LogP contribution in [-0.2, 0) is 11.4 Å². The van der Waals surface area contributed by atoms with Gasteiger partial charge in [-0.3, -0.25) is 4.79 Å². The summed E-state index contributed by atoms with van der Waals surface area (Å²) in [6.45, 7) is 2.65. The topological polar surface area (TPSA) is 80.5 Å². The Morgan fingerprint density at radius 3 is 2.53 bits per heavy atom. The lowest BCUT2D eigenvalue weighted by atomic mass is 9.93. The van der Waals surface area contributed by atoms with Gasteiger partial charge in [0, 0.05) is 37.0 Å². The average molecular weight is 420 g/mol. The molecule has 4 rings (SSSR count). The predicted octanol–water partition coefficient (Wildman–Crippen LogP) is 3.15. The summed E-state index contributed by atoms with van der Waals surface area (Å²) in [5.74, 6) is -0.276. The summed E-state index contributed by atoms with van der Waals surface area (Å²) in [5, 5.41) is 15.1. The minimum atomic E-state index is -4.77. The van der Waals surface area contributed by atoms with Crippen molar-refractivity contribution in [1.82, 2.24) is 19.7 Å². The number of hydrogen-bond acceptors (Lipinski definition) is 5. The first-order valence-electron chi connectivity index (χ1n) is 9.42. The normalized spacial score (nSPS) is 14.8. The summed E-state index contributed by atoms with van der Waals surface area (Å²) in [4.78, 5) is 18.0. The standard InChI is InChI=1S/C20H19F3N4O3/c1-2-16(29)26-9-13(10-26)18-17-12(11-28)7-8-24-19(17)27(25-18)14-3-5-15(6-4-14)30-20(21,22)23/h3-8,13,28H,2,9-11H2,1H3. The van der Waals surface area contributed by atoms with Crippen LogP contribution >= 0.6 is 0 Å². The minimum absolute atomic E-state index is 0.00779. The van der Waals surface area contributed by atoms with E-state index in [9.17, 15) is 23.1 Å². The van der Waals surface area contributed by atoms with Gasteiger partial charge in [-0.05, 0) is 35.9 Å². The number of carbonyl (C=O) groups is 1. The minimum Gasteiger partial charge on any atom is -0.406 e. The Balaban J connectivity index is 1.72. The summed E-state index contributed by atoms with van der Waals surface area (Å²) >= 11 is 0. The van der Waals surface area contributed by atoms with E-state index in [1.165, 1.54) is 28.9 Å². The van der Waals surface area contributed by atoms with Gasteiger partial charge in [0.15, 0.2) is 5.65 Å². The highest BCUT2D eigenvalue weighted by atomic mass is 19.4. The van der Waals surface area contributed by atoms with Gasteiger partial charge in [0.1, 0.15) is 5.75 Å². The van der Waals surface area contributed by atoms with E-state index in [1.54, 1.807) is 24.1 Å². The number of amides is 1. The molecule has 0 bridgehead atoms. The number of aliphatic hydroxyl groups is 1. The van der Waals surface area contributed by atoms with Crippen molar-refractivity contribution in [3.8, 4) is 11.4 Å². The molecule has 0 aliphatic carbocycles. The second-order valence-corrected chi connectivity index (χ2v) is 7.01. The highest BCUT2D eigenvalue weighted by Crippen LogP contribution is 2.34. The number of hydrogen-bond donors (Lipinski definition) is 1.